The first-order valence-electron chi connectivity index (χ1n) is 6.03. The Bertz CT molecular complexity index is 653. The Morgan fingerprint density at radius 3 is 2.65 bits per heavy atom. The van der Waals surface area contributed by atoms with Crippen LogP contribution in [-0.4, -0.2) is 10.5 Å². The molecule has 0 radical (unpaired) electrons. The van der Waals surface area contributed by atoms with Crippen LogP contribution in [0, 0.1) is 11.6 Å². The lowest BCUT2D eigenvalue weighted by Crippen LogP contribution is -2.18. The highest BCUT2D eigenvalue weighted by molar-refractivity contribution is 9.10. The quantitative estimate of drug-likeness (QED) is 0.826. The lowest BCUT2D eigenvalue weighted by atomic mass is 10.2. The normalized spacial score (nSPS) is 10.9. The van der Waals surface area contributed by atoms with Crippen LogP contribution in [-0.2, 0) is 0 Å². The van der Waals surface area contributed by atoms with Crippen LogP contribution in [0.15, 0.2) is 34.9 Å². The molecule has 0 aliphatic carbocycles. The number of anilines is 1. The molecule has 0 aliphatic heterocycles. The number of nitrogens with one attached hydrogen (secondary N) is 1. The summed E-state index contributed by atoms with van der Waals surface area (Å²) in [6, 6.07) is 5.37. The van der Waals surface area contributed by atoms with E-state index in [4.69, 9.17) is 0 Å². The van der Waals surface area contributed by atoms with Gasteiger partial charge in [0.05, 0.1) is 10.2 Å². The maximum atomic E-state index is 13.7. The number of nitrogens with zero attached hydrogens (tertiary/aromatic N) is 1. The fraction of sp³-hybridized carbons (Fsp3) is 0.214. The highest BCUT2D eigenvalue weighted by Gasteiger charge is 2.16. The Morgan fingerprint density at radius 1 is 1.30 bits per heavy atom. The highest BCUT2D eigenvalue weighted by Crippen LogP contribution is 2.24. The molecule has 1 N–H and O–H groups in total. The van der Waals surface area contributed by atoms with Crippen molar-refractivity contribution in [3.05, 3.63) is 52.3 Å². The molecule has 0 aliphatic rings. The minimum Gasteiger partial charge on any atom is -0.341 e. The summed E-state index contributed by atoms with van der Waals surface area (Å²) in [5.41, 5.74) is 0.204. The largest absolute Gasteiger partial charge is 0.341 e. The third-order valence-corrected chi connectivity index (χ3v) is 3.43. The molecule has 6 heteroatoms. The number of hydrogen-bond donors (Lipinski definition) is 1. The van der Waals surface area contributed by atoms with E-state index in [1.807, 2.05) is 13.8 Å². The van der Waals surface area contributed by atoms with Gasteiger partial charge in [-0.25, -0.2) is 8.78 Å². The molecular weight excluding hydrogens is 330 g/mol. The maximum Gasteiger partial charge on any atom is 0.272 e. The summed E-state index contributed by atoms with van der Waals surface area (Å²) in [5, 5.41) is 2.38. The summed E-state index contributed by atoms with van der Waals surface area (Å²) in [6.07, 6.45) is 1.76. The van der Waals surface area contributed by atoms with Crippen LogP contribution in [0.2, 0.25) is 0 Å². The van der Waals surface area contributed by atoms with E-state index in [0.717, 1.165) is 12.1 Å². The molecule has 0 unspecified atom stereocenters. The van der Waals surface area contributed by atoms with E-state index in [1.54, 1.807) is 22.9 Å². The number of carbonyl (C=O) groups excluding carboxylic acids is 1. The second-order valence-electron chi connectivity index (χ2n) is 4.59. The van der Waals surface area contributed by atoms with Crippen LogP contribution in [0.25, 0.3) is 0 Å². The van der Waals surface area contributed by atoms with Crippen molar-refractivity contribution in [2.75, 3.05) is 5.32 Å². The fourth-order valence-electron chi connectivity index (χ4n) is 1.84. The van der Waals surface area contributed by atoms with Crippen molar-refractivity contribution in [1.82, 2.24) is 4.57 Å². The maximum absolute atomic E-state index is 13.7. The van der Waals surface area contributed by atoms with Gasteiger partial charge >= 0.3 is 0 Å². The predicted molar refractivity (Wildman–Crippen MR) is 76.8 cm³/mol. The summed E-state index contributed by atoms with van der Waals surface area (Å²) >= 11 is 2.88. The van der Waals surface area contributed by atoms with Gasteiger partial charge in [-0.2, -0.15) is 0 Å². The summed E-state index contributed by atoms with van der Waals surface area (Å²) in [6.45, 7) is 3.85. The van der Waals surface area contributed by atoms with Crippen molar-refractivity contribution >= 4 is 27.5 Å². The van der Waals surface area contributed by atoms with E-state index >= 15 is 0 Å². The second-order valence-corrected chi connectivity index (χ2v) is 5.45. The molecule has 106 valence electrons. The molecule has 0 spiro atoms. The van der Waals surface area contributed by atoms with Gasteiger partial charge in [-0.3, -0.25) is 4.79 Å². The lowest BCUT2D eigenvalue weighted by Gasteiger charge is -2.13. The van der Waals surface area contributed by atoms with Crippen LogP contribution in [0.4, 0.5) is 14.5 Å². The van der Waals surface area contributed by atoms with E-state index in [9.17, 15) is 13.6 Å². The van der Waals surface area contributed by atoms with Gasteiger partial charge < -0.3 is 9.88 Å². The Morgan fingerprint density at radius 2 is 2.00 bits per heavy atom. The fourth-order valence-corrected chi connectivity index (χ4v) is 2.16. The van der Waals surface area contributed by atoms with Gasteiger partial charge in [0.15, 0.2) is 0 Å². The first-order valence-corrected chi connectivity index (χ1v) is 6.82. The molecule has 0 atom stereocenters. The monoisotopic (exact) mass is 342 g/mol. The molecule has 0 saturated carbocycles. The molecule has 0 fully saturated rings. The smallest absolute Gasteiger partial charge is 0.272 e. The van der Waals surface area contributed by atoms with Gasteiger partial charge in [0.2, 0.25) is 0 Å². The Balaban J connectivity index is 2.28. The van der Waals surface area contributed by atoms with Gasteiger partial charge in [0.1, 0.15) is 17.3 Å². The topological polar surface area (TPSA) is 34.0 Å². The molecule has 2 rings (SSSR count). The van der Waals surface area contributed by atoms with E-state index in [0.29, 0.717) is 5.69 Å². The molecule has 20 heavy (non-hydrogen) atoms. The second kappa shape index (κ2) is 5.75. The number of rotatable bonds is 3. The summed E-state index contributed by atoms with van der Waals surface area (Å²) in [4.78, 5) is 12.1. The average Bonchev–Trinajstić information content (AvgIpc) is 2.85. The summed E-state index contributed by atoms with van der Waals surface area (Å²) in [7, 11) is 0. The van der Waals surface area contributed by atoms with E-state index in [2.05, 4.69) is 21.2 Å². The highest BCUT2D eigenvalue weighted by atomic mass is 79.9. The number of aromatic nitrogens is 1. The molecule has 1 aromatic heterocycles. The average molecular weight is 343 g/mol. The van der Waals surface area contributed by atoms with Crippen molar-refractivity contribution in [2.45, 2.75) is 19.9 Å². The molecule has 1 heterocycles. The van der Waals surface area contributed by atoms with E-state index < -0.39 is 17.5 Å². The SMILES string of the molecule is CC(C)n1cccc1C(=O)Nc1cc(F)c(Br)cc1F. The van der Waals surface area contributed by atoms with Crippen molar-refractivity contribution in [1.29, 1.82) is 0 Å². The molecule has 0 bridgehead atoms. The van der Waals surface area contributed by atoms with Crippen LogP contribution in [0.5, 0.6) is 0 Å². The Kier molecular flexibility index (Phi) is 4.23. The first-order chi connectivity index (χ1) is 9.40. The van der Waals surface area contributed by atoms with Gasteiger partial charge in [-0.1, -0.05) is 0 Å². The number of hydrogen-bond acceptors (Lipinski definition) is 1. The van der Waals surface area contributed by atoms with Crippen LogP contribution in [0.3, 0.4) is 0 Å². The van der Waals surface area contributed by atoms with Crippen LogP contribution < -0.4 is 5.32 Å². The van der Waals surface area contributed by atoms with Crippen molar-refractivity contribution in [3.63, 3.8) is 0 Å². The number of benzene rings is 1. The molecule has 1 aromatic carbocycles. The molecule has 2 aromatic rings. The van der Waals surface area contributed by atoms with Crippen molar-refractivity contribution in [2.24, 2.45) is 0 Å². The van der Waals surface area contributed by atoms with Crippen LogP contribution in [0.1, 0.15) is 30.4 Å². The van der Waals surface area contributed by atoms with Gasteiger partial charge in [0.25, 0.3) is 5.91 Å². The third-order valence-electron chi connectivity index (χ3n) is 2.83. The molecular formula is C14H13BrF2N2O. The third kappa shape index (κ3) is 2.90. The predicted octanol–water partition coefficient (Wildman–Crippen LogP) is 4.36. The minimum absolute atomic E-state index is 0.0126. The standard InChI is InChI=1S/C14H13BrF2N2O/c1-8(2)19-5-3-4-13(19)14(20)18-12-7-10(16)9(15)6-11(12)17/h3-8H,1-2H3,(H,18,20). The number of amides is 1. The van der Waals surface area contributed by atoms with Crippen LogP contribution >= 0.6 is 15.9 Å². The number of carbonyl (C=O) groups is 1. The van der Waals surface area contributed by atoms with E-state index in [1.165, 1.54) is 0 Å². The van der Waals surface area contributed by atoms with Gasteiger partial charge in [-0.15, -0.1) is 0 Å². The summed E-state index contributed by atoms with van der Waals surface area (Å²) in [5.74, 6) is -1.82. The Labute approximate surface area is 123 Å². The van der Waals surface area contributed by atoms with Crippen molar-refractivity contribution < 1.29 is 13.6 Å². The zero-order chi connectivity index (χ0) is 14.9. The Hall–Kier alpha value is -1.69. The first kappa shape index (κ1) is 14.7. The molecule has 0 saturated heterocycles. The zero-order valence-electron chi connectivity index (χ0n) is 11.0. The van der Waals surface area contributed by atoms with E-state index in [-0.39, 0.29) is 16.2 Å². The zero-order valence-corrected chi connectivity index (χ0v) is 12.5. The van der Waals surface area contributed by atoms with Gasteiger partial charge in [0, 0.05) is 18.3 Å². The number of halogens is 3. The minimum atomic E-state index is -0.700. The summed E-state index contributed by atoms with van der Waals surface area (Å²) < 4.78 is 28.8. The molecule has 1 amide bonds. The molecule has 3 nitrogen and oxygen atoms in total. The van der Waals surface area contributed by atoms with Crippen molar-refractivity contribution in [3.8, 4) is 0 Å². The van der Waals surface area contributed by atoms with Gasteiger partial charge in [-0.05, 0) is 48.0 Å². The lowest BCUT2D eigenvalue weighted by molar-refractivity contribution is 0.101.